The van der Waals surface area contributed by atoms with Gasteiger partial charge in [-0.1, -0.05) is 29.3 Å². The fourth-order valence-electron chi connectivity index (χ4n) is 4.12. The Morgan fingerprint density at radius 3 is 2.70 bits per heavy atom. The van der Waals surface area contributed by atoms with E-state index in [9.17, 15) is 9.59 Å². The lowest BCUT2D eigenvalue weighted by molar-refractivity contribution is 0.0766. The monoisotopic (exact) mass is 463 g/mol. The zero-order valence-electron chi connectivity index (χ0n) is 18.0. The third-order valence-corrected chi connectivity index (χ3v) is 6.08. The normalized spacial score (nSPS) is 14.5. The lowest BCUT2D eigenvalue weighted by Crippen LogP contribution is -2.36. The van der Waals surface area contributed by atoms with Gasteiger partial charge in [0.2, 0.25) is 5.95 Å². The molecule has 0 spiro atoms. The van der Waals surface area contributed by atoms with Crippen LogP contribution < -0.4 is 10.5 Å². The summed E-state index contributed by atoms with van der Waals surface area (Å²) in [6, 6.07) is 10.9. The summed E-state index contributed by atoms with van der Waals surface area (Å²) in [4.78, 5) is 38.8. The van der Waals surface area contributed by atoms with Crippen LogP contribution in [0.25, 0.3) is 16.6 Å². The molecule has 1 N–H and O–H groups in total. The number of amides is 1. The Balaban J connectivity index is 1.40. The number of H-pyrrole nitrogens is 1. The number of benzene rings is 2. The van der Waals surface area contributed by atoms with Crippen LogP contribution in [0.3, 0.4) is 0 Å². The van der Waals surface area contributed by atoms with Crippen molar-refractivity contribution < 1.29 is 4.79 Å². The average molecular weight is 464 g/mol. The van der Waals surface area contributed by atoms with Crippen molar-refractivity contribution in [2.45, 2.75) is 13.3 Å². The Morgan fingerprint density at radius 1 is 1.06 bits per heavy atom. The molecule has 0 bridgehead atoms. The van der Waals surface area contributed by atoms with Crippen LogP contribution in [0, 0.1) is 6.92 Å². The molecule has 0 unspecified atom stereocenters. The number of halogens is 1. The molecule has 33 heavy (non-hydrogen) atoms. The predicted molar refractivity (Wildman–Crippen MR) is 126 cm³/mol. The number of aryl methyl sites for hydroxylation is 1. The van der Waals surface area contributed by atoms with Crippen LogP contribution in [0.5, 0.6) is 0 Å². The lowest BCUT2D eigenvalue weighted by atomic mass is 10.1. The zero-order chi connectivity index (χ0) is 22.9. The van der Waals surface area contributed by atoms with Gasteiger partial charge in [0.1, 0.15) is 0 Å². The van der Waals surface area contributed by atoms with Crippen LogP contribution >= 0.6 is 11.6 Å². The molecule has 1 amide bonds. The van der Waals surface area contributed by atoms with Crippen LogP contribution in [-0.4, -0.2) is 61.9 Å². The summed E-state index contributed by atoms with van der Waals surface area (Å²) in [6.07, 6.45) is 3.91. The Hall–Kier alpha value is -3.72. The van der Waals surface area contributed by atoms with Crippen molar-refractivity contribution >= 4 is 34.4 Å². The highest BCUT2D eigenvalue weighted by Crippen LogP contribution is 2.22. The minimum atomic E-state index is -0.270. The van der Waals surface area contributed by atoms with E-state index in [0.29, 0.717) is 59.3 Å². The molecule has 1 fully saturated rings. The van der Waals surface area contributed by atoms with Crippen molar-refractivity contribution in [2.75, 3.05) is 31.1 Å². The maximum atomic E-state index is 13.5. The Morgan fingerprint density at radius 2 is 1.88 bits per heavy atom. The van der Waals surface area contributed by atoms with Gasteiger partial charge in [-0.15, -0.1) is 0 Å². The van der Waals surface area contributed by atoms with Crippen molar-refractivity contribution in [1.82, 2.24) is 29.9 Å². The molecule has 0 atom stereocenters. The fourth-order valence-corrected chi connectivity index (χ4v) is 4.38. The zero-order valence-corrected chi connectivity index (χ0v) is 18.8. The standard InChI is InChI=1S/C23H22ClN7O2/c1-15-6-7-19(31-25-8-9-26-31)16(14-15)22(33)29-10-3-11-30(13-12-29)23-27-18-5-2-4-17(24)20(18)21(32)28-23/h2,4-9,14H,3,10-13H2,1H3,(H,27,28,32). The van der Waals surface area contributed by atoms with E-state index in [1.807, 2.05) is 34.9 Å². The molecule has 168 valence electrons. The van der Waals surface area contributed by atoms with Crippen molar-refractivity contribution in [1.29, 1.82) is 0 Å². The molecule has 5 rings (SSSR count). The van der Waals surface area contributed by atoms with Crippen molar-refractivity contribution in [3.63, 3.8) is 0 Å². The van der Waals surface area contributed by atoms with Crippen molar-refractivity contribution in [3.05, 3.63) is 75.3 Å². The molecule has 0 radical (unpaired) electrons. The first-order chi connectivity index (χ1) is 16.0. The van der Waals surface area contributed by atoms with Crippen LogP contribution in [0.15, 0.2) is 53.6 Å². The van der Waals surface area contributed by atoms with E-state index in [2.05, 4.69) is 20.2 Å². The molecule has 2 aromatic carbocycles. The van der Waals surface area contributed by atoms with Gasteiger partial charge in [0.15, 0.2) is 0 Å². The predicted octanol–water partition coefficient (Wildman–Crippen LogP) is 2.82. The number of hydrogen-bond donors (Lipinski definition) is 1. The smallest absolute Gasteiger partial charge is 0.261 e. The Labute approximate surface area is 194 Å². The highest BCUT2D eigenvalue weighted by molar-refractivity contribution is 6.35. The van der Waals surface area contributed by atoms with E-state index in [0.717, 1.165) is 12.0 Å². The molecule has 1 aliphatic heterocycles. The molecule has 1 saturated heterocycles. The summed E-state index contributed by atoms with van der Waals surface area (Å²) in [5, 5.41) is 9.14. The quantitative estimate of drug-likeness (QED) is 0.501. The Bertz CT molecular complexity index is 1380. The molecular formula is C23H22ClN7O2. The van der Waals surface area contributed by atoms with Crippen molar-refractivity contribution in [2.24, 2.45) is 0 Å². The molecule has 2 aromatic heterocycles. The third kappa shape index (κ3) is 4.07. The van der Waals surface area contributed by atoms with Crippen LogP contribution in [0.2, 0.25) is 5.02 Å². The second-order valence-corrected chi connectivity index (χ2v) is 8.40. The first-order valence-electron chi connectivity index (χ1n) is 10.7. The third-order valence-electron chi connectivity index (χ3n) is 5.77. The number of anilines is 1. The molecule has 10 heteroatoms. The summed E-state index contributed by atoms with van der Waals surface area (Å²) in [5.41, 5.74) is 2.48. The highest BCUT2D eigenvalue weighted by Gasteiger charge is 2.24. The molecule has 1 aliphatic rings. The lowest BCUT2D eigenvalue weighted by Gasteiger charge is -2.23. The minimum absolute atomic E-state index is 0.0698. The number of fused-ring (bicyclic) bond motifs is 1. The topological polar surface area (TPSA) is 100 Å². The summed E-state index contributed by atoms with van der Waals surface area (Å²) in [6.45, 7) is 4.26. The minimum Gasteiger partial charge on any atom is -0.340 e. The SMILES string of the molecule is Cc1ccc(-n2nccn2)c(C(=O)N2CCCN(c3nc4cccc(Cl)c4c(=O)[nH]3)CC2)c1. The van der Waals surface area contributed by atoms with Crippen LogP contribution in [0.1, 0.15) is 22.3 Å². The number of nitrogens with one attached hydrogen (secondary N) is 1. The number of rotatable bonds is 3. The van der Waals surface area contributed by atoms with Gasteiger partial charge in [-0.25, -0.2) is 4.98 Å². The van der Waals surface area contributed by atoms with E-state index >= 15 is 0 Å². The largest absolute Gasteiger partial charge is 0.340 e. The molecule has 0 saturated carbocycles. The molecule has 3 heterocycles. The maximum absolute atomic E-state index is 13.5. The summed E-state index contributed by atoms with van der Waals surface area (Å²) in [5.74, 6) is 0.417. The summed E-state index contributed by atoms with van der Waals surface area (Å²) >= 11 is 6.17. The summed E-state index contributed by atoms with van der Waals surface area (Å²) in [7, 11) is 0. The number of nitrogens with zero attached hydrogens (tertiary/aromatic N) is 6. The average Bonchev–Trinajstić information content (AvgIpc) is 3.22. The van der Waals surface area contributed by atoms with E-state index < -0.39 is 0 Å². The number of carbonyl (C=O) groups excluding carboxylic acids is 1. The van der Waals surface area contributed by atoms with Gasteiger partial charge >= 0.3 is 0 Å². The van der Waals surface area contributed by atoms with Crippen LogP contribution in [-0.2, 0) is 0 Å². The maximum Gasteiger partial charge on any atom is 0.261 e. The second-order valence-electron chi connectivity index (χ2n) is 8.00. The van der Waals surface area contributed by atoms with E-state index in [4.69, 9.17) is 11.6 Å². The molecule has 0 aliphatic carbocycles. The fraction of sp³-hybridized carbons (Fsp3) is 0.261. The Kier molecular flexibility index (Phi) is 5.55. The first kappa shape index (κ1) is 21.1. The number of aromatic nitrogens is 5. The van der Waals surface area contributed by atoms with Gasteiger partial charge in [0.25, 0.3) is 11.5 Å². The van der Waals surface area contributed by atoms with E-state index in [1.54, 1.807) is 30.6 Å². The number of aromatic amines is 1. The number of carbonyl (C=O) groups is 1. The van der Waals surface area contributed by atoms with Gasteiger partial charge in [-0.05, 0) is 37.6 Å². The summed E-state index contributed by atoms with van der Waals surface area (Å²) < 4.78 is 0. The van der Waals surface area contributed by atoms with Gasteiger partial charge in [0.05, 0.1) is 39.6 Å². The first-order valence-corrected chi connectivity index (χ1v) is 11.1. The van der Waals surface area contributed by atoms with Crippen LogP contribution in [0.4, 0.5) is 5.95 Å². The molecule has 4 aromatic rings. The highest BCUT2D eigenvalue weighted by atomic mass is 35.5. The molecular weight excluding hydrogens is 442 g/mol. The van der Waals surface area contributed by atoms with Gasteiger partial charge in [0, 0.05) is 26.2 Å². The van der Waals surface area contributed by atoms with Gasteiger partial charge < -0.3 is 9.80 Å². The van der Waals surface area contributed by atoms with E-state index in [1.165, 1.54) is 4.80 Å². The van der Waals surface area contributed by atoms with Crippen molar-refractivity contribution in [3.8, 4) is 5.69 Å². The molecule has 9 nitrogen and oxygen atoms in total. The van der Waals surface area contributed by atoms with Gasteiger partial charge in [-0.2, -0.15) is 15.0 Å². The number of hydrogen-bond acceptors (Lipinski definition) is 6. The van der Waals surface area contributed by atoms with E-state index in [-0.39, 0.29) is 11.5 Å². The second kappa shape index (κ2) is 8.67. The van der Waals surface area contributed by atoms with Gasteiger partial charge in [-0.3, -0.25) is 14.6 Å².